The molecule has 1 atom stereocenters. The number of hydrogen-bond donors (Lipinski definition) is 1. The first-order valence-electron chi connectivity index (χ1n) is 7.65. The van der Waals surface area contributed by atoms with E-state index >= 15 is 0 Å². The third kappa shape index (κ3) is 2.93. The molecule has 21 heavy (non-hydrogen) atoms. The number of aromatic nitrogens is 1. The van der Waals surface area contributed by atoms with Crippen LogP contribution in [-0.4, -0.2) is 18.6 Å². The van der Waals surface area contributed by atoms with Crippen LogP contribution in [0.2, 0.25) is 0 Å². The van der Waals surface area contributed by atoms with Gasteiger partial charge in [-0.05, 0) is 55.6 Å². The van der Waals surface area contributed by atoms with Gasteiger partial charge in [-0.25, -0.2) is 4.98 Å². The van der Waals surface area contributed by atoms with Gasteiger partial charge in [-0.3, -0.25) is 0 Å². The van der Waals surface area contributed by atoms with Gasteiger partial charge in [-0.15, -0.1) is 0 Å². The molecule has 1 aromatic carbocycles. The molecule has 0 aliphatic carbocycles. The Hall–Kier alpha value is -1.87. The molecule has 1 aliphatic rings. The van der Waals surface area contributed by atoms with Crippen LogP contribution < -0.4 is 10.2 Å². The van der Waals surface area contributed by atoms with Gasteiger partial charge in [0.15, 0.2) is 0 Å². The molecule has 1 aliphatic heterocycles. The van der Waals surface area contributed by atoms with E-state index in [9.17, 15) is 0 Å². The average Bonchev–Trinajstić information content (AvgIpc) is 2.46. The molecular weight excluding hydrogens is 258 g/mol. The van der Waals surface area contributed by atoms with Crippen molar-refractivity contribution in [3.63, 3.8) is 0 Å². The Kier molecular flexibility index (Phi) is 3.93. The first-order chi connectivity index (χ1) is 10.2. The molecule has 0 bridgehead atoms. The van der Waals surface area contributed by atoms with E-state index in [1.807, 2.05) is 7.05 Å². The summed E-state index contributed by atoms with van der Waals surface area (Å²) in [5.74, 6) is 1.72. The second kappa shape index (κ2) is 5.86. The summed E-state index contributed by atoms with van der Waals surface area (Å²) in [6, 6.07) is 13.1. The van der Waals surface area contributed by atoms with Gasteiger partial charge >= 0.3 is 0 Å². The van der Waals surface area contributed by atoms with Crippen molar-refractivity contribution in [3.05, 3.63) is 53.2 Å². The first kappa shape index (κ1) is 14.1. The molecule has 2 heterocycles. The number of benzene rings is 1. The van der Waals surface area contributed by atoms with E-state index in [1.54, 1.807) is 0 Å². The SMILES string of the molecule is CNCc1cc(C)nc(N2CC(C)Cc3ccccc32)c1. The number of anilines is 2. The Balaban J connectivity index is 2.04. The average molecular weight is 281 g/mol. The van der Waals surface area contributed by atoms with E-state index in [4.69, 9.17) is 4.98 Å². The Bertz CT molecular complexity index is 636. The molecule has 2 aromatic rings. The number of nitrogens with one attached hydrogen (secondary N) is 1. The highest BCUT2D eigenvalue weighted by Gasteiger charge is 2.23. The second-order valence-electron chi connectivity index (χ2n) is 6.05. The third-order valence-corrected chi connectivity index (χ3v) is 4.00. The summed E-state index contributed by atoms with van der Waals surface area (Å²) in [6.07, 6.45) is 1.15. The monoisotopic (exact) mass is 281 g/mol. The zero-order chi connectivity index (χ0) is 14.8. The van der Waals surface area contributed by atoms with Crippen LogP contribution in [0.5, 0.6) is 0 Å². The summed E-state index contributed by atoms with van der Waals surface area (Å²) in [7, 11) is 1.98. The number of fused-ring (bicyclic) bond motifs is 1. The molecule has 0 saturated carbocycles. The number of para-hydroxylation sites is 1. The molecule has 0 spiro atoms. The minimum atomic E-state index is 0.648. The van der Waals surface area contributed by atoms with Crippen LogP contribution in [0.15, 0.2) is 36.4 Å². The molecule has 1 N–H and O–H groups in total. The van der Waals surface area contributed by atoms with Gasteiger partial charge in [0.25, 0.3) is 0 Å². The predicted molar refractivity (Wildman–Crippen MR) is 88.1 cm³/mol. The van der Waals surface area contributed by atoms with Crippen LogP contribution in [0.25, 0.3) is 0 Å². The summed E-state index contributed by atoms with van der Waals surface area (Å²) in [4.78, 5) is 7.14. The van der Waals surface area contributed by atoms with Crippen molar-refractivity contribution in [2.45, 2.75) is 26.8 Å². The summed E-state index contributed by atoms with van der Waals surface area (Å²) in [5, 5.41) is 3.22. The highest BCUT2D eigenvalue weighted by Crippen LogP contribution is 2.34. The third-order valence-electron chi connectivity index (χ3n) is 4.00. The number of rotatable bonds is 3. The minimum Gasteiger partial charge on any atom is -0.326 e. The molecule has 0 fully saturated rings. The number of aryl methyl sites for hydroxylation is 1. The van der Waals surface area contributed by atoms with E-state index in [2.05, 4.69) is 60.5 Å². The largest absolute Gasteiger partial charge is 0.326 e. The highest BCUT2D eigenvalue weighted by atomic mass is 15.2. The maximum absolute atomic E-state index is 4.77. The molecule has 0 radical (unpaired) electrons. The summed E-state index contributed by atoms with van der Waals surface area (Å²) < 4.78 is 0. The van der Waals surface area contributed by atoms with Crippen LogP contribution in [0.3, 0.4) is 0 Å². The van der Waals surface area contributed by atoms with Crippen molar-refractivity contribution in [1.82, 2.24) is 10.3 Å². The minimum absolute atomic E-state index is 0.648. The van der Waals surface area contributed by atoms with Crippen molar-refractivity contribution in [2.75, 3.05) is 18.5 Å². The zero-order valence-electron chi connectivity index (χ0n) is 13.1. The zero-order valence-corrected chi connectivity index (χ0v) is 13.1. The van der Waals surface area contributed by atoms with Crippen LogP contribution in [-0.2, 0) is 13.0 Å². The lowest BCUT2D eigenvalue weighted by Gasteiger charge is -2.34. The summed E-state index contributed by atoms with van der Waals surface area (Å²) >= 11 is 0. The van der Waals surface area contributed by atoms with Crippen molar-refractivity contribution in [3.8, 4) is 0 Å². The van der Waals surface area contributed by atoms with Gasteiger partial charge in [0.2, 0.25) is 0 Å². The lowest BCUT2D eigenvalue weighted by molar-refractivity contribution is 0.559. The number of hydrogen-bond acceptors (Lipinski definition) is 3. The molecular formula is C18H23N3. The Morgan fingerprint density at radius 1 is 1.29 bits per heavy atom. The van der Waals surface area contributed by atoms with E-state index in [0.29, 0.717) is 5.92 Å². The lowest BCUT2D eigenvalue weighted by Crippen LogP contribution is -2.31. The summed E-state index contributed by atoms with van der Waals surface area (Å²) in [5.41, 5.74) is 5.10. The smallest absolute Gasteiger partial charge is 0.133 e. The molecule has 1 unspecified atom stereocenters. The van der Waals surface area contributed by atoms with Crippen molar-refractivity contribution < 1.29 is 0 Å². The summed E-state index contributed by atoms with van der Waals surface area (Å²) in [6.45, 7) is 6.29. The van der Waals surface area contributed by atoms with E-state index in [1.165, 1.54) is 16.8 Å². The predicted octanol–water partition coefficient (Wildman–Crippen LogP) is 3.44. The van der Waals surface area contributed by atoms with Crippen molar-refractivity contribution >= 4 is 11.5 Å². The normalized spacial score (nSPS) is 17.7. The Morgan fingerprint density at radius 2 is 2.10 bits per heavy atom. The fourth-order valence-electron chi connectivity index (χ4n) is 3.18. The highest BCUT2D eigenvalue weighted by molar-refractivity contribution is 5.66. The Labute approximate surface area is 127 Å². The van der Waals surface area contributed by atoms with Gasteiger partial charge < -0.3 is 10.2 Å². The van der Waals surface area contributed by atoms with E-state index < -0.39 is 0 Å². The molecule has 110 valence electrons. The van der Waals surface area contributed by atoms with Gasteiger partial charge in [-0.2, -0.15) is 0 Å². The quantitative estimate of drug-likeness (QED) is 0.934. The van der Waals surface area contributed by atoms with Gasteiger partial charge in [0.05, 0.1) is 0 Å². The molecule has 0 saturated heterocycles. The Morgan fingerprint density at radius 3 is 2.90 bits per heavy atom. The fraction of sp³-hybridized carbons (Fsp3) is 0.389. The molecule has 3 rings (SSSR count). The van der Waals surface area contributed by atoms with Gasteiger partial charge in [0.1, 0.15) is 5.82 Å². The fourth-order valence-corrected chi connectivity index (χ4v) is 3.18. The van der Waals surface area contributed by atoms with Crippen LogP contribution in [0, 0.1) is 12.8 Å². The standard InChI is InChI=1S/C18H23N3/c1-13-8-16-6-4-5-7-17(16)21(12-13)18-10-15(11-19-3)9-14(2)20-18/h4-7,9-10,13,19H,8,11-12H2,1-3H3. The van der Waals surface area contributed by atoms with Crippen LogP contribution in [0.4, 0.5) is 11.5 Å². The molecule has 0 amide bonds. The topological polar surface area (TPSA) is 28.2 Å². The van der Waals surface area contributed by atoms with Crippen LogP contribution >= 0.6 is 0 Å². The number of nitrogens with zero attached hydrogens (tertiary/aromatic N) is 2. The maximum Gasteiger partial charge on any atom is 0.133 e. The first-order valence-corrected chi connectivity index (χ1v) is 7.65. The van der Waals surface area contributed by atoms with E-state index in [0.717, 1.165) is 31.0 Å². The van der Waals surface area contributed by atoms with Gasteiger partial charge in [0, 0.05) is 24.5 Å². The van der Waals surface area contributed by atoms with Crippen molar-refractivity contribution in [2.24, 2.45) is 5.92 Å². The molecule has 1 aromatic heterocycles. The number of pyridine rings is 1. The van der Waals surface area contributed by atoms with E-state index in [-0.39, 0.29) is 0 Å². The maximum atomic E-state index is 4.77. The molecule has 3 heteroatoms. The second-order valence-corrected chi connectivity index (χ2v) is 6.05. The van der Waals surface area contributed by atoms with Crippen LogP contribution in [0.1, 0.15) is 23.7 Å². The lowest BCUT2D eigenvalue weighted by atomic mass is 9.94. The van der Waals surface area contributed by atoms with Gasteiger partial charge in [-0.1, -0.05) is 25.1 Å². The van der Waals surface area contributed by atoms with Crippen molar-refractivity contribution in [1.29, 1.82) is 0 Å². The molecule has 3 nitrogen and oxygen atoms in total.